The Labute approximate surface area is 214 Å². The zero-order valence-corrected chi connectivity index (χ0v) is 21.9. The van der Waals surface area contributed by atoms with E-state index in [2.05, 4.69) is 14.9 Å². The van der Waals surface area contributed by atoms with Gasteiger partial charge in [0.15, 0.2) is 9.84 Å². The van der Waals surface area contributed by atoms with Crippen LogP contribution < -0.4 is 4.74 Å². The van der Waals surface area contributed by atoms with Crippen LogP contribution in [0.3, 0.4) is 0 Å². The highest BCUT2D eigenvalue weighted by molar-refractivity contribution is 7.90. The Kier molecular flexibility index (Phi) is 7.80. The van der Waals surface area contributed by atoms with Crippen LogP contribution >= 0.6 is 0 Å². The summed E-state index contributed by atoms with van der Waals surface area (Å²) < 4.78 is 66.8. The lowest BCUT2D eigenvalue weighted by Gasteiger charge is -2.48. The smallest absolute Gasteiger partial charge is 0.451 e. The number of nitrogens with zero attached hydrogens (tertiary/aromatic N) is 4. The molecule has 2 aliphatic rings. The largest absolute Gasteiger partial charge is 0.492 e. The first-order valence-electron chi connectivity index (χ1n) is 12.2. The molecule has 3 heterocycles. The van der Waals surface area contributed by atoms with Gasteiger partial charge in [0.1, 0.15) is 12.4 Å². The second-order valence-electron chi connectivity index (χ2n) is 9.76. The molecule has 4 rings (SSSR count). The van der Waals surface area contributed by atoms with E-state index in [0.29, 0.717) is 25.4 Å². The highest BCUT2D eigenvalue weighted by Crippen LogP contribution is 2.39. The van der Waals surface area contributed by atoms with E-state index in [1.54, 1.807) is 4.90 Å². The van der Waals surface area contributed by atoms with E-state index < -0.39 is 21.8 Å². The fraction of sp³-hybridized carbons (Fsp3) is 0.560. The van der Waals surface area contributed by atoms with Crippen molar-refractivity contribution in [1.82, 2.24) is 19.8 Å². The number of ether oxygens (including phenoxy) is 1. The van der Waals surface area contributed by atoms with Gasteiger partial charge in [0.05, 0.1) is 11.3 Å². The standard InChI is InChI=1S/C25H31F3N4O4S/c1-16-17(2)22(36-11-12-37(3,34)35)8-7-20(16)21-6-4-5-19-15-31(9-10-32(19)21)23(33)18-13-29-24(30-14-18)25(26,27)28/h7-8,13-14,19,21H,4-6,9-12,15H2,1-3H3/t19-,21+/m0/s1. The first-order valence-corrected chi connectivity index (χ1v) is 14.3. The minimum atomic E-state index is -4.65. The molecule has 1 aromatic heterocycles. The average Bonchev–Trinajstić information content (AvgIpc) is 2.84. The van der Waals surface area contributed by atoms with Crippen molar-refractivity contribution in [3.05, 3.63) is 52.6 Å². The summed E-state index contributed by atoms with van der Waals surface area (Å²) in [7, 11) is -3.10. The van der Waals surface area contributed by atoms with Crippen molar-refractivity contribution in [2.45, 2.75) is 51.4 Å². The molecule has 1 amide bonds. The topological polar surface area (TPSA) is 92.7 Å². The molecule has 0 N–H and O–H groups in total. The first-order chi connectivity index (χ1) is 17.3. The average molecular weight is 541 g/mol. The summed E-state index contributed by atoms with van der Waals surface area (Å²) in [6.07, 6.45) is 1.31. The summed E-state index contributed by atoms with van der Waals surface area (Å²) in [5.41, 5.74) is 3.31. The van der Waals surface area contributed by atoms with Crippen LogP contribution in [0.15, 0.2) is 24.5 Å². The number of piperazine rings is 1. The first kappa shape index (κ1) is 27.3. The van der Waals surface area contributed by atoms with Crippen LogP contribution in [0.5, 0.6) is 5.75 Å². The lowest BCUT2D eigenvalue weighted by atomic mass is 9.86. The number of piperidine rings is 1. The number of fused-ring (bicyclic) bond motifs is 1. The molecule has 8 nitrogen and oxygen atoms in total. The van der Waals surface area contributed by atoms with Crippen molar-refractivity contribution in [3.63, 3.8) is 0 Å². The fourth-order valence-corrected chi connectivity index (χ4v) is 5.56. The summed E-state index contributed by atoms with van der Waals surface area (Å²) >= 11 is 0. The van der Waals surface area contributed by atoms with E-state index >= 15 is 0 Å². The normalized spacial score (nSPS) is 21.0. The van der Waals surface area contributed by atoms with Crippen molar-refractivity contribution in [2.24, 2.45) is 0 Å². The molecule has 2 atom stereocenters. The number of alkyl halides is 3. The zero-order valence-electron chi connectivity index (χ0n) is 21.1. The van der Waals surface area contributed by atoms with E-state index in [1.807, 2.05) is 26.0 Å². The number of benzene rings is 1. The summed E-state index contributed by atoms with van der Waals surface area (Å²) in [5, 5.41) is 0. The van der Waals surface area contributed by atoms with Gasteiger partial charge in [-0.2, -0.15) is 13.2 Å². The molecule has 202 valence electrons. The molecule has 0 aliphatic carbocycles. The minimum absolute atomic E-state index is 0.0425. The van der Waals surface area contributed by atoms with Gasteiger partial charge in [-0.15, -0.1) is 0 Å². The van der Waals surface area contributed by atoms with Crippen LogP contribution in [0.25, 0.3) is 0 Å². The van der Waals surface area contributed by atoms with Gasteiger partial charge in [-0.1, -0.05) is 6.07 Å². The van der Waals surface area contributed by atoms with E-state index in [4.69, 9.17) is 4.74 Å². The van der Waals surface area contributed by atoms with Gasteiger partial charge in [0.25, 0.3) is 5.91 Å². The van der Waals surface area contributed by atoms with Crippen LogP contribution in [0.1, 0.15) is 58.2 Å². The number of aromatic nitrogens is 2. The number of carbonyl (C=O) groups excluding carboxylic acids is 1. The molecule has 0 bridgehead atoms. The van der Waals surface area contributed by atoms with E-state index in [0.717, 1.165) is 42.8 Å². The van der Waals surface area contributed by atoms with Gasteiger partial charge >= 0.3 is 6.18 Å². The van der Waals surface area contributed by atoms with Crippen LogP contribution in [0, 0.1) is 13.8 Å². The van der Waals surface area contributed by atoms with Gasteiger partial charge in [-0.05, 0) is 55.9 Å². The van der Waals surface area contributed by atoms with Crippen molar-refractivity contribution in [3.8, 4) is 5.75 Å². The van der Waals surface area contributed by atoms with Crippen molar-refractivity contribution in [1.29, 1.82) is 0 Å². The SMILES string of the molecule is Cc1c(OCCS(C)(=O)=O)ccc([C@H]2CCC[C@H]3CN(C(=O)c4cnc(C(F)(F)F)nc4)CCN32)c1C. The van der Waals surface area contributed by atoms with Gasteiger partial charge < -0.3 is 9.64 Å². The third-order valence-electron chi connectivity index (χ3n) is 7.23. The van der Waals surface area contributed by atoms with Gasteiger partial charge in [-0.25, -0.2) is 18.4 Å². The fourth-order valence-electron chi connectivity index (χ4n) is 5.17. The Morgan fingerprint density at radius 3 is 2.46 bits per heavy atom. The number of halogens is 3. The molecule has 2 fully saturated rings. The Morgan fingerprint density at radius 1 is 1.11 bits per heavy atom. The van der Waals surface area contributed by atoms with Crippen LogP contribution in [0.2, 0.25) is 0 Å². The quantitative estimate of drug-likeness (QED) is 0.553. The third-order valence-corrected chi connectivity index (χ3v) is 8.14. The van der Waals surface area contributed by atoms with Crippen LogP contribution in [0.4, 0.5) is 13.2 Å². The van der Waals surface area contributed by atoms with Gasteiger partial charge in [-0.3, -0.25) is 9.69 Å². The number of rotatable bonds is 6. The summed E-state index contributed by atoms with van der Waals surface area (Å²) in [4.78, 5) is 23.7. The molecule has 37 heavy (non-hydrogen) atoms. The Bertz CT molecular complexity index is 1250. The van der Waals surface area contributed by atoms with Gasteiger partial charge in [0.2, 0.25) is 5.82 Å². The highest BCUT2D eigenvalue weighted by Gasteiger charge is 2.38. The molecule has 0 unspecified atom stereocenters. The number of hydrogen-bond acceptors (Lipinski definition) is 7. The van der Waals surface area contributed by atoms with Crippen LogP contribution in [-0.4, -0.2) is 78.4 Å². The second-order valence-corrected chi connectivity index (χ2v) is 12.0. The summed E-state index contributed by atoms with van der Waals surface area (Å²) in [5.74, 6) is -0.995. The van der Waals surface area contributed by atoms with E-state index in [9.17, 15) is 26.4 Å². The number of carbonyl (C=O) groups is 1. The monoisotopic (exact) mass is 540 g/mol. The van der Waals surface area contributed by atoms with E-state index in [-0.39, 0.29) is 35.9 Å². The van der Waals surface area contributed by atoms with Gasteiger partial charge in [0, 0.05) is 50.4 Å². The predicted molar refractivity (Wildman–Crippen MR) is 131 cm³/mol. The number of amides is 1. The Hall–Kier alpha value is -2.73. The maximum absolute atomic E-state index is 13.0. The zero-order chi connectivity index (χ0) is 27.0. The molecule has 0 spiro atoms. The second kappa shape index (κ2) is 10.6. The minimum Gasteiger partial charge on any atom is -0.492 e. The molecular weight excluding hydrogens is 509 g/mol. The maximum atomic E-state index is 13.0. The molecule has 0 saturated carbocycles. The lowest BCUT2D eigenvalue weighted by Crippen LogP contribution is -2.57. The van der Waals surface area contributed by atoms with Crippen molar-refractivity contribution in [2.75, 3.05) is 38.2 Å². The van der Waals surface area contributed by atoms with Crippen molar-refractivity contribution >= 4 is 15.7 Å². The molecule has 2 aliphatic heterocycles. The third kappa shape index (κ3) is 6.23. The molecule has 2 aromatic rings. The highest BCUT2D eigenvalue weighted by atomic mass is 32.2. The molecular formula is C25H31F3N4O4S. The molecule has 12 heteroatoms. The molecule has 0 radical (unpaired) electrons. The summed E-state index contributed by atoms with van der Waals surface area (Å²) in [6, 6.07) is 4.25. The van der Waals surface area contributed by atoms with Crippen LogP contribution in [-0.2, 0) is 16.0 Å². The van der Waals surface area contributed by atoms with Crippen molar-refractivity contribution < 1.29 is 31.1 Å². The molecule has 1 aromatic carbocycles. The Morgan fingerprint density at radius 2 is 1.81 bits per heavy atom. The predicted octanol–water partition coefficient (Wildman–Crippen LogP) is 3.59. The van der Waals surface area contributed by atoms with E-state index in [1.165, 1.54) is 11.8 Å². The summed E-state index contributed by atoms with van der Waals surface area (Å²) in [6.45, 7) is 5.70. The molecule has 2 saturated heterocycles. The number of hydrogen-bond donors (Lipinski definition) is 0. The lowest BCUT2D eigenvalue weighted by molar-refractivity contribution is -0.145. The maximum Gasteiger partial charge on any atom is 0.451 e. The Balaban J connectivity index is 1.45. The number of sulfone groups is 1.